The first kappa shape index (κ1) is 12.0. The molecule has 1 aliphatic rings. The largest absolute Gasteiger partial charge is 0.329 e. The Labute approximate surface area is 112 Å². The number of nitrogens with two attached hydrogens (primary N) is 1. The number of carbonyl (C=O) groups excluding carboxylic acids is 1. The van der Waals surface area contributed by atoms with Crippen molar-refractivity contribution in [3.63, 3.8) is 0 Å². The minimum atomic E-state index is -0.316. The summed E-state index contributed by atoms with van der Waals surface area (Å²) in [6.45, 7) is 0.427. The van der Waals surface area contributed by atoms with Crippen molar-refractivity contribution in [2.24, 2.45) is 11.1 Å². The van der Waals surface area contributed by atoms with E-state index in [-0.39, 0.29) is 11.3 Å². The van der Waals surface area contributed by atoms with Crippen LogP contribution < -0.4 is 11.1 Å². The van der Waals surface area contributed by atoms with Gasteiger partial charge in [0.15, 0.2) is 0 Å². The van der Waals surface area contributed by atoms with Gasteiger partial charge in [-0.15, -0.1) is 0 Å². The van der Waals surface area contributed by atoms with Gasteiger partial charge < -0.3 is 15.6 Å². The molecule has 1 fully saturated rings. The van der Waals surface area contributed by atoms with Crippen LogP contribution >= 0.6 is 0 Å². The third kappa shape index (κ3) is 2.27. The minimum absolute atomic E-state index is 0.0413. The topological polar surface area (TPSA) is 60.1 Å². The van der Waals surface area contributed by atoms with Gasteiger partial charge in [0.05, 0.1) is 5.41 Å². The first-order valence-electron chi connectivity index (χ1n) is 6.48. The summed E-state index contributed by atoms with van der Waals surface area (Å²) in [6.07, 6.45) is 5.74. The lowest BCUT2D eigenvalue weighted by Gasteiger charge is -2.13. The summed E-state index contributed by atoms with van der Waals surface area (Å²) in [6, 6.07) is 11.7. The van der Waals surface area contributed by atoms with Gasteiger partial charge in [-0.1, -0.05) is 6.07 Å². The van der Waals surface area contributed by atoms with Gasteiger partial charge in [-0.3, -0.25) is 4.79 Å². The third-order valence-corrected chi connectivity index (χ3v) is 3.73. The third-order valence-electron chi connectivity index (χ3n) is 3.73. The van der Waals surface area contributed by atoms with Gasteiger partial charge >= 0.3 is 0 Å². The highest BCUT2D eigenvalue weighted by molar-refractivity contribution is 5.97. The van der Waals surface area contributed by atoms with Gasteiger partial charge in [-0.05, 0) is 43.2 Å². The summed E-state index contributed by atoms with van der Waals surface area (Å²) < 4.78 is 2.01. The molecular weight excluding hydrogens is 238 g/mol. The van der Waals surface area contributed by atoms with Crippen LogP contribution in [0.25, 0.3) is 5.69 Å². The molecule has 0 spiro atoms. The number of nitrogens with one attached hydrogen (secondary N) is 1. The molecule has 2 aromatic rings. The molecule has 1 aromatic carbocycles. The molecule has 3 rings (SSSR count). The van der Waals surface area contributed by atoms with Crippen molar-refractivity contribution in [1.82, 2.24) is 4.57 Å². The minimum Gasteiger partial charge on any atom is -0.329 e. The number of carbonyl (C=O) groups is 1. The molecule has 4 nitrogen and oxygen atoms in total. The van der Waals surface area contributed by atoms with Crippen molar-refractivity contribution in [3.05, 3.63) is 48.8 Å². The van der Waals surface area contributed by atoms with Gasteiger partial charge in [0, 0.05) is 30.3 Å². The lowest BCUT2D eigenvalue weighted by molar-refractivity contribution is -0.120. The Bertz CT molecular complexity index is 585. The number of rotatable bonds is 4. The number of hydrogen-bond acceptors (Lipinski definition) is 2. The Morgan fingerprint density at radius 2 is 2.00 bits per heavy atom. The van der Waals surface area contributed by atoms with Crippen molar-refractivity contribution in [1.29, 1.82) is 0 Å². The van der Waals surface area contributed by atoms with E-state index >= 15 is 0 Å². The molecule has 0 bridgehead atoms. The summed E-state index contributed by atoms with van der Waals surface area (Å²) >= 11 is 0. The highest BCUT2D eigenvalue weighted by atomic mass is 16.2. The molecule has 1 aliphatic carbocycles. The van der Waals surface area contributed by atoms with Crippen LogP contribution in [0, 0.1) is 5.41 Å². The van der Waals surface area contributed by atoms with E-state index in [2.05, 4.69) is 5.32 Å². The zero-order valence-electron chi connectivity index (χ0n) is 10.7. The second-order valence-electron chi connectivity index (χ2n) is 5.08. The van der Waals surface area contributed by atoms with E-state index in [1.807, 2.05) is 53.4 Å². The molecule has 98 valence electrons. The maximum absolute atomic E-state index is 12.1. The van der Waals surface area contributed by atoms with E-state index in [1.165, 1.54) is 0 Å². The second kappa shape index (κ2) is 4.55. The molecule has 3 N–H and O–H groups in total. The fraction of sp³-hybridized carbons (Fsp3) is 0.267. The molecular formula is C15H17N3O. The lowest BCUT2D eigenvalue weighted by Crippen LogP contribution is -2.30. The van der Waals surface area contributed by atoms with Crippen LogP contribution in [-0.4, -0.2) is 17.0 Å². The Morgan fingerprint density at radius 3 is 2.63 bits per heavy atom. The Balaban J connectivity index is 1.79. The SMILES string of the molecule is NCC1(C(=O)Nc2cccc(-n3cccc3)c2)CC1. The Hall–Kier alpha value is -2.07. The van der Waals surface area contributed by atoms with Crippen LogP contribution in [-0.2, 0) is 4.79 Å². The Kier molecular flexibility index (Phi) is 2.87. The molecule has 1 amide bonds. The van der Waals surface area contributed by atoms with Gasteiger partial charge in [-0.25, -0.2) is 0 Å². The molecule has 0 radical (unpaired) electrons. The molecule has 0 atom stereocenters. The van der Waals surface area contributed by atoms with Crippen LogP contribution in [0.1, 0.15) is 12.8 Å². The predicted molar refractivity (Wildman–Crippen MR) is 75.1 cm³/mol. The molecule has 0 unspecified atom stereocenters. The summed E-state index contributed by atoms with van der Waals surface area (Å²) in [5.41, 5.74) is 7.19. The molecule has 1 heterocycles. The molecule has 1 saturated carbocycles. The highest BCUT2D eigenvalue weighted by Crippen LogP contribution is 2.45. The average Bonchev–Trinajstić information content (AvgIpc) is 3.05. The van der Waals surface area contributed by atoms with E-state index < -0.39 is 0 Å². The van der Waals surface area contributed by atoms with Crippen molar-refractivity contribution >= 4 is 11.6 Å². The second-order valence-corrected chi connectivity index (χ2v) is 5.08. The zero-order valence-corrected chi connectivity index (χ0v) is 10.7. The molecule has 4 heteroatoms. The number of amides is 1. The molecule has 1 aromatic heterocycles. The van der Waals surface area contributed by atoms with Gasteiger partial charge in [-0.2, -0.15) is 0 Å². The number of anilines is 1. The van der Waals surface area contributed by atoms with Crippen LogP contribution in [0.15, 0.2) is 48.8 Å². The van der Waals surface area contributed by atoms with Crippen molar-refractivity contribution in [2.45, 2.75) is 12.8 Å². The van der Waals surface area contributed by atoms with Crippen LogP contribution in [0.3, 0.4) is 0 Å². The van der Waals surface area contributed by atoms with Crippen molar-refractivity contribution in [3.8, 4) is 5.69 Å². The summed E-state index contributed by atoms with van der Waals surface area (Å²) in [5, 5.41) is 2.97. The number of benzene rings is 1. The first-order valence-corrected chi connectivity index (χ1v) is 6.48. The smallest absolute Gasteiger partial charge is 0.231 e. The quantitative estimate of drug-likeness (QED) is 0.879. The van der Waals surface area contributed by atoms with E-state index in [0.717, 1.165) is 24.2 Å². The van der Waals surface area contributed by atoms with Crippen molar-refractivity contribution in [2.75, 3.05) is 11.9 Å². The normalized spacial score (nSPS) is 16.1. The highest BCUT2D eigenvalue weighted by Gasteiger charge is 2.48. The maximum atomic E-state index is 12.1. The predicted octanol–water partition coefficient (Wildman–Crippen LogP) is 2.15. The number of hydrogen-bond donors (Lipinski definition) is 2. The monoisotopic (exact) mass is 255 g/mol. The maximum Gasteiger partial charge on any atom is 0.231 e. The molecule has 19 heavy (non-hydrogen) atoms. The zero-order chi connectivity index (χ0) is 13.3. The fourth-order valence-corrected chi connectivity index (χ4v) is 2.19. The van der Waals surface area contributed by atoms with E-state index in [0.29, 0.717) is 6.54 Å². The standard InChI is InChI=1S/C15H17N3O/c16-11-15(6-7-15)14(19)17-12-4-3-5-13(10-12)18-8-1-2-9-18/h1-5,8-10H,6-7,11,16H2,(H,17,19). The van der Waals surface area contributed by atoms with Gasteiger partial charge in [0.1, 0.15) is 0 Å². The van der Waals surface area contributed by atoms with E-state index in [9.17, 15) is 4.79 Å². The summed E-state index contributed by atoms with van der Waals surface area (Å²) in [4.78, 5) is 12.1. The average molecular weight is 255 g/mol. The summed E-state index contributed by atoms with van der Waals surface area (Å²) in [5.74, 6) is 0.0413. The Morgan fingerprint density at radius 1 is 1.26 bits per heavy atom. The van der Waals surface area contributed by atoms with Gasteiger partial charge in [0.2, 0.25) is 5.91 Å². The fourth-order valence-electron chi connectivity index (χ4n) is 2.19. The van der Waals surface area contributed by atoms with E-state index in [4.69, 9.17) is 5.73 Å². The molecule has 0 saturated heterocycles. The van der Waals surface area contributed by atoms with Gasteiger partial charge in [0.25, 0.3) is 0 Å². The first-order chi connectivity index (χ1) is 9.23. The van der Waals surface area contributed by atoms with E-state index in [1.54, 1.807) is 0 Å². The van der Waals surface area contributed by atoms with Crippen LogP contribution in [0.5, 0.6) is 0 Å². The lowest BCUT2D eigenvalue weighted by atomic mass is 10.1. The number of nitrogens with zero attached hydrogens (tertiary/aromatic N) is 1. The van der Waals surface area contributed by atoms with Crippen LogP contribution in [0.2, 0.25) is 0 Å². The van der Waals surface area contributed by atoms with Crippen molar-refractivity contribution < 1.29 is 4.79 Å². The molecule has 0 aliphatic heterocycles. The summed E-state index contributed by atoms with van der Waals surface area (Å²) in [7, 11) is 0. The van der Waals surface area contributed by atoms with Crippen LogP contribution in [0.4, 0.5) is 5.69 Å². The number of aromatic nitrogens is 1.